The maximum atomic E-state index is 12.9. The highest BCUT2D eigenvalue weighted by Crippen LogP contribution is 2.42. The Bertz CT molecular complexity index is 1430. The Hall–Kier alpha value is -3.34. The molecule has 1 amide bonds. The van der Waals surface area contributed by atoms with E-state index in [-0.39, 0.29) is 22.8 Å². The Morgan fingerprint density at radius 2 is 1.89 bits per heavy atom. The maximum Gasteiger partial charge on any atom is 0.240 e. The van der Waals surface area contributed by atoms with Crippen molar-refractivity contribution in [1.82, 2.24) is 19.6 Å². The zero-order chi connectivity index (χ0) is 26.9. The Kier molecular flexibility index (Phi) is 7.47. The number of amides is 1. The molecule has 3 aliphatic heterocycles. The van der Waals surface area contributed by atoms with Gasteiger partial charge in [-0.2, -0.15) is 0 Å². The van der Waals surface area contributed by atoms with Crippen LogP contribution in [0.4, 0.5) is 5.69 Å². The fraction of sp³-hybridized carbons (Fsp3) is 0.393. The summed E-state index contributed by atoms with van der Waals surface area (Å²) in [4.78, 5) is 23.3. The van der Waals surface area contributed by atoms with Gasteiger partial charge in [0, 0.05) is 48.9 Å². The van der Waals surface area contributed by atoms with Gasteiger partial charge in [-0.15, -0.1) is 0 Å². The number of aromatic nitrogens is 2. The molecule has 200 valence electrons. The van der Waals surface area contributed by atoms with Gasteiger partial charge in [0.1, 0.15) is 11.6 Å². The number of carbonyl (C=O) groups is 1. The van der Waals surface area contributed by atoms with Gasteiger partial charge in [0.25, 0.3) is 0 Å². The largest absolute Gasteiger partial charge is 0.496 e. The van der Waals surface area contributed by atoms with Crippen LogP contribution in [0.3, 0.4) is 0 Å². The van der Waals surface area contributed by atoms with Gasteiger partial charge in [-0.25, -0.2) is 23.1 Å². The van der Waals surface area contributed by atoms with Crippen molar-refractivity contribution in [2.24, 2.45) is 5.92 Å². The lowest BCUT2D eigenvalue weighted by Crippen LogP contribution is -2.56. The van der Waals surface area contributed by atoms with Crippen LogP contribution in [0.15, 0.2) is 59.5 Å². The molecule has 0 aliphatic carbocycles. The summed E-state index contributed by atoms with van der Waals surface area (Å²) in [5, 5.41) is 2.65. The van der Waals surface area contributed by atoms with Crippen molar-refractivity contribution in [3.8, 4) is 17.0 Å². The predicted octanol–water partition coefficient (Wildman–Crippen LogP) is 3.58. The summed E-state index contributed by atoms with van der Waals surface area (Å²) in [6.07, 6.45) is 1.97. The van der Waals surface area contributed by atoms with E-state index in [1.54, 1.807) is 19.2 Å². The van der Waals surface area contributed by atoms with Gasteiger partial charge in [0.15, 0.2) is 0 Å². The van der Waals surface area contributed by atoms with Gasteiger partial charge in [-0.05, 0) is 74.7 Å². The molecule has 0 spiro atoms. The molecule has 4 atom stereocenters. The van der Waals surface area contributed by atoms with Gasteiger partial charge in [-0.3, -0.25) is 9.69 Å². The number of ether oxygens (including phenoxy) is 1. The fourth-order valence-electron chi connectivity index (χ4n) is 5.67. The number of sulfonamides is 1. The van der Waals surface area contributed by atoms with Crippen molar-refractivity contribution in [2.75, 3.05) is 32.1 Å². The first-order chi connectivity index (χ1) is 18.2. The first kappa shape index (κ1) is 26.3. The second-order valence-corrected chi connectivity index (χ2v) is 11.8. The summed E-state index contributed by atoms with van der Waals surface area (Å²) in [5.41, 5.74) is 3.40. The van der Waals surface area contributed by atoms with E-state index in [1.807, 2.05) is 31.2 Å². The molecule has 38 heavy (non-hydrogen) atoms. The minimum absolute atomic E-state index is 0.134. The summed E-state index contributed by atoms with van der Waals surface area (Å²) in [6.45, 7) is 5.47. The molecule has 2 aromatic carbocycles. The molecule has 1 unspecified atom stereocenters. The Labute approximate surface area is 223 Å². The second-order valence-electron chi connectivity index (χ2n) is 10.0. The highest BCUT2D eigenvalue weighted by molar-refractivity contribution is 7.89. The number of benzene rings is 2. The number of anilines is 1. The molecule has 2 bridgehead atoms. The Balaban J connectivity index is 1.27. The number of hydrogen-bond donors (Lipinski definition) is 2. The molecule has 0 radical (unpaired) electrons. The van der Waals surface area contributed by atoms with Gasteiger partial charge in [0.2, 0.25) is 15.9 Å². The number of piperidine rings is 3. The van der Waals surface area contributed by atoms with Crippen LogP contribution in [-0.4, -0.2) is 62.0 Å². The average Bonchev–Trinajstić information content (AvgIpc) is 2.92. The first-order valence-corrected chi connectivity index (χ1v) is 14.3. The summed E-state index contributed by atoms with van der Waals surface area (Å²) < 4.78 is 34.2. The van der Waals surface area contributed by atoms with E-state index in [0.717, 1.165) is 54.5 Å². The number of nitrogens with zero attached hydrogens (tertiary/aromatic N) is 3. The van der Waals surface area contributed by atoms with Crippen LogP contribution in [0.1, 0.15) is 37.2 Å². The number of fused-ring (bicyclic) bond motifs is 3. The van der Waals surface area contributed by atoms with Crippen LogP contribution in [0.5, 0.6) is 5.75 Å². The molecule has 10 heteroatoms. The number of para-hydroxylation sites is 1. The van der Waals surface area contributed by atoms with Crippen molar-refractivity contribution in [2.45, 2.75) is 43.5 Å². The van der Waals surface area contributed by atoms with Gasteiger partial charge < -0.3 is 10.1 Å². The maximum absolute atomic E-state index is 12.9. The summed E-state index contributed by atoms with van der Waals surface area (Å²) in [6, 6.07) is 16.3. The van der Waals surface area contributed by atoms with E-state index in [0.29, 0.717) is 18.2 Å². The quantitative estimate of drug-likeness (QED) is 0.453. The number of hydrogen-bond acceptors (Lipinski definition) is 7. The van der Waals surface area contributed by atoms with Crippen LogP contribution in [-0.2, 0) is 14.8 Å². The number of carbonyl (C=O) groups excluding carboxylic acids is 1. The van der Waals surface area contributed by atoms with Crippen molar-refractivity contribution < 1.29 is 17.9 Å². The van der Waals surface area contributed by atoms with Crippen LogP contribution in [0, 0.1) is 12.8 Å². The average molecular weight is 536 g/mol. The third-order valence-electron chi connectivity index (χ3n) is 7.49. The molecule has 3 saturated heterocycles. The van der Waals surface area contributed by atoms with E-state index >= 15 is 0 Å². The molecular weight excluding hydrogens is 502 g/mol. The zero-order valence-corrected chi connectivity index (χ0v) is 22.7. The summed E-state index contributed by atoms with van der Waals surface area (Å²) in [7, 11) is -1.99. The van der Waals surface area contributed by atoms with Gasteiger partial charge in [0.05, 0.1) is 17.7 Å². The van der Waals surface area contributed by atoms with E-state index in [9.17, 15) is 13.2 Å². The van der Waals surface area contributed by atoms with E-state index < -0.39 is 10.0 Å². The standard InChI is InChI=1S/C28H33N5O4S/c1-18-30-26(24-6-4-5-7-28(24)37-3)15-27(31-18)25-17-33-13-12-20(25)14-22(33)16-29-38(35,36)23-10-8-21(9-11-23)32-19(2)34/h4-11,15,20,22,25,29H,12-14,16-17H2,1-3H3,(H,32,34)/t20-,22+,25-/m0/s1. The molecule has 9 nitrogen and oxygen atoms in total. The number of nitrogens with one attached hydrogen (secondary N) is 2. The third kappa shape index (κ3) is 5.57. The smallest absolute Gasteiger partial charge is 0.240 e. The van der Waals surface area contributed by atoms with E-state index in [2.05, 4.69) is 26.0 Å². The highest BCUT2D eigenvalue weighted by atomic mass is 32.2. The minimum Gasteiger partial charge on any atom is -0.496 e. The number of rotatable bonds is 8. The summed E-state index contributed by atoms with van der Waals surface area (Å²) in [5.74, 6) is 2.00. The van der Waals surface area contributed by atoms with Crippen LogP contribution in [0.2, 0.25) is 0 Å². The SMILES string of the molecule is COc1ccccc1-c1cc([C@H]2CN3CC[C@H]2C[C@@H]3CNS(=O)(=O)c2ccc(NC(C)=O)cc2)nc(C)n1. The molecule has 3 fully saturated rings. The zero-order valence-electron chi connectivity index (χ0n) is 21.8. The molecule has 3 aliphatic rings. The third-order valence-corrected chi connectivity index (χ3v) is 8.93. The molecule has 0 saturated carbocycles. The van der Waals surface area contributed by atoms with Crippen molar-refractivity contribution >= 4 is 21.6 Å². The molecule has 1 aromatic heterocycles. The van der Waals surface area contributed by atoms with Crippen LogP contribution in [0.25, 0.3) is 11.3 Å². The van der Waals surface area contributed by atoms with E-state index in [4.69, 9.17) is 9.72 Å². The molecule has 6 rings (SSSR count). The lowest BCUT2D eigenvalue weighted by Gasteiger charge is -2.49. The molecule has 4 heterocycles. The number of methoxy groups -OCH3 is 1. The monoisotopic (exact) mass is 535 g/mol. The molecule has 3 aromatic rings. The van der Waals surface area contributed by atoms with Crippen molar-refractivity contribution in [1.29, 1.82) is 0 Å². The summed E-state index contributed by atoms with van der Waals surface area (Å²) >= 11 is 0. The lowest BCUT2D eigenvalue weighted by atomic mass is 9.74. The van der Waals surface area contributed by atoms with Crippen molar-refractivity contribution in [3.63, 3.8) is 0 Å². The van der Waals surface area contributed by atoms with Crippen molar-refractivity contribution in [3.05, 3.63) is 66.1 Å². The minimum atomic E-state index is -3.66. The Morgan fingerprint density at radius 1 is 1.13 bits per heavy atom. The van der Waals surface area contributed by atoms with Crippen LogP contribution >= 0.6 is 0 Å². The van der Waals surface area contributed by atoms with Gasteiger partial charge in [-0.1, -0.05) is 12.1 Å². The molecular formula is C28H33N5O4S. The Morgan fingerprint density at radius 3 is 2.58 bits per heavy atom. The van der Waals surface area contributed by atoms with E-state index in [1.165, 1.54) is 19.1 Å². The number of aryl methyl sites for hydroxylation is 1. The topological polar surface area (TPSA) is 114 Å². The first-order valence-electron chi connectivity index (χ1n) is 12.8. The van der Waals surface area contributed by atoms with Gasteiger partial charge >= 0.3 is 0 Å². The van der Waals surface area contributed by atoms with Crippen LogP contribution < -0.4 is 14.8 Å². The normalized spacial score (nSPS) is 22.7. The fourth-order valence-corrected chi connectivity index (χ4v) is 6.74. The second kappa shape index (κ2) is 10.8. The molecule has 2 N–H and O–H groups in total. The lowest BCUT2D eigenvalue weighted by molar-refractivity contribution is -0.114. The predicted molar refractivity (Wildman–Crippen MR) is 146 cm³/mol. The highest BCUT2D eigenvalue weighted by Gasteiger charge is 2.41.